The van der Waals surface area contributed by atoms with Crippen molar-refractivity contribution < 1.29 is 9.90 Å². The van der Waals surface area contributed by atoms with Crippen molar-refractivity contribution in [1.29, 1.82) is 0 Å². The molecule has 0 atom stereocenters. The molecule has 21 heavy (non-hydrogen) atoms. The van der Waals surface area contributed by atoms with Crippen LogP contribution in [0, 0.1) is 6.92 Å². The molecule has 1 aromatic rings. The van der Waals surface area contributed by atoms with E-state index in [1.54, 1.807) is 6.07 Å². The van der Waals surface area contributed by atoms with Crippen molar-refractivity contribution in [1.82, 2.24) is 4.90 Å². The Hall–Kier alpha value is -1.10. The predicted octanol–water partition coefficient (Wildman–Crippen LogP) is 3.07. The lowest BCUT2D eigenvalue weighted by molar-refractivity contribution is -0.118. The summed E-state index contributed by atoms with van der Waals surface area (Å²) in [5, 5.41) is 12.7. The van der Waals surface area contributed by atoms with Gasteiger partial charge in [-0.15, -0.1) is 0 Å². The van der Waals surface area contributed by atoms with Gasteiger partial charge in [0.1, 0.15) is 0 Å². The molecule has 0 aliphatic rings. The largest absolute Gasteiger partial charge is 0.395 e. The minimum atomic E-state index is -0.0687. The summed E-state index contributed by atoms with van der Waals surface area (Å²) in [6.45, 7) is 6.96. The first-order valence-corrected chi connectivity index (χ1v) is 7.80. The summed E-state index contributed by atoms with van der Waals surface area (Å²) in [7, 11) is 0. The molecule has 0 saturated carbocycles. The van der Waals surface area contributed by atoms with Gasteiger partial charge in [0.05, 0.1) is 13.2 Å². The molecule has 118 valence electrons. The maximum absolute atomic E-state index is 12.2. The van der Waals surface area contributed by atoms with Crippen molar-refractivity contribution in [3.63, 3.8) is 0 Å². The van der Waals surface area contributed by atoms with Crippen molar-refractivity contribution in [2.75, 3.05) is 25.0 Å². The van der Waals surface area contributed by atoms with Gasteiger partial charge in [-0.25, -0.2) is 0 Å². The van der Waals surface area contributed by atoms with Crippen LogP contribution in [-0.4, -0.2) is 41.7 Å². The first-order valence-electron chi connectivity index (χ1n) is 7.42. The number of halogens is 1. The van der Waals surface area contributed by atoms with Crippen molar-refractivity contribution in [3.8, 4) is 0 Å². The van der Waals surface area contributed by atoms with E-state index >= 15 is 0 Å². The Bertz CT molecular complexity index is 462. The highest BCUT2D eigenvalue weighted by atomic mass is 35.5. The molecule has 0 saturated heterocycles. The van der Waals surface area contributed by atoms with Crippen LogP contribution in [0.2, 0.25) is 5.02 Å². The van der Waals surface area contributed by atoms with Crippen LogP contribution in [0.15, 0.2) is 18.2 Å². The van der Waals surface area contributed by atoms with Crippen LogP contribution in [0.25, 0.3) is 0 Å². The zero-order valence-corrected chi connectivity index (χ0v) is 13.8. The van der Waals surface area contributed by atoms with Gasteiger partial charge >= 0.3 is 0 Å². The normalized spacial score (nSPS) is 11.2. The molecule has 0 aromatic heterocycles. The number of amides is 1. The number of carbonyl (C=O) groups excluding carboxylic acids is 1. The zero-order valence-electron chi connectivity index (χ0n) is 13.0. The number of anilines is 1. The number of benzene rings is 1. The van der Waals surface area contributed by atoms with E-state index in [0.717, 1.165) is 24.1 Å². The Morgan fingerprint density at radius 3 is 2.57 bits per heavy atom. The molecule has 0 fully saturated rings. The van der Waals surface area contributed by atoms with E-state index in [0.29, 0.717) is 17.6 Å². The zero-order chi connectivity index (χ0) is 15.8. The van der Waals surface area contributed by atoms with Crippen molar-refractivity contribution in [3.05, 3.63) is 28.8 Å². The molecule has 2 N–H and O–H groups in total. The molecule has 4 nitrogen and oxygen atoms in total. The summed E-state index contributed by atoms with van der Waals surface area (Å²) in [5.74, 6) is -0.0687. The topological polar surface area (TPSA) is 52.6 Å². The van der Waals surface area contributed by atoms with Crippen molar-refractivity contribution >= 4 is 23.2 Å². The van der Waals surface area contributed by atoms with Crippen LogP contribution in [-0.2, 0) is 4.79 Å². The van der Waals surface area contributed by atoms with Gasteiger partial charge in [-0.3, -0.25) is 9.69 Å². The van der Waals surface area contributed by atoms with Gasteiger partial charge in [0.25, 0.3) is 0 Å². The second-order valence-electron chi connectivity index (χ2n) is 5.17. The molecule has 5 heteroatoms. The quantitative estimate of drug-likeness (QED) is 0.775. The third-order valence-electron chi connectivity index (χ3n) is 3.66. The first kappa shape index (κ1) is 18.0. The number of aryl methyl sites for hydroxylation is 1. The summed E-state index contributed by atoms with van der Waals surface area (Å²) in [6, 6.07) is 5.71. The van der Waals surface area contributed by atoms with Crippen LogP contribution in [0.5, 0.6) is 0 Å². The van der Waals surface area contributed by atoms with Gasteiger partial charge in [-0.05, 0) is 43.5 Å². The smallest absolute Gasteiger partial charge is 0.238 e. The predicted molar refractivity (Wildman–Crippen MR) is 87.8 cm³/mol. The van der Waals surface area contributed by atoms with Gasteiger partial charge in [0.15, 0.2) is 0 Å². The van der Waals surface area contributed by atoms with E-state index in [1.807, 2.05) is 24.0 Å². The molecule has 1 aromatic carbocycles. The maximum atomic E-state index is 12.2. The lowest BCUT2D eigenvalue weighted by Gasteiger charge is -2.29. The van der Waals surface area contributed by atoms with Crippen molar-refractivity contribution in [2.45, 2.75) is 39.7 Å². The van der Waals surface area contributed by atoms with Crippen LogP contribution in [0.4, 0.5) is 5.69 Å². The Kier molecular flexibility index (Phi) is 7.72. The molecular formula is C16H25ClN2O2. The lowest BCUT2D eigenvalue weighted by atomic mass is 10.1. The number of nitrogens with one attached hydrogen (secondary N) is 1. The number of hydrogen-bond acceptors (Lipinski definition) is 3. The minimum Gasteiger partial charge on any atom is -0.395 e. The van der Waals surface area contributed by atoms with Crippen LogP contribution in [0.3, 0.4) is 0 Å². The number of aliphatic hydroxyl groups excluding tert-OH is 1. The molecular weight excluding hydrogens is 288 g/mol. The van der Waals surface area contributed by atoms with E-state index in [-0.39, 0.29) is 19.1 Å². The fourth-order valence-corrected chi connectivity index (χ4v) is 2.69. The third-order valence-corrected chi connectivity index (χ3v) is 3.89. The number of rotatable bonds is 8. The van der Waals surface area contributed by atoms with E-state index in [2.05, 4.69) is 19.2 Å². The summed E-state index contributed by atoms with van der Waals surface area (Å²) in [6.07, 6.45) is 1.92. The molecule has 0 aliphatic carbocycles. The number of nitrogens with zero attached hydrogens (tertiary/aromatic N) is 1. The van der Waals surface area contributed by atoms with Gasteiger partial charge in [-0.1, -0.05) is 25.4 Å². The Labute approximate surface area is 132 Å². The van der Waals surface area contributed by atoms with E-state index in [4.69, 9.17) is 16.7 Å². The Morgan fingerprint density at radius 1 is 1.38 bits per heavy atom. The van der Waals surface area contributed by atoms with Gasteiger partial charge in [-0.2, -0.15) is 0 Å². The Morgan fingerprint density at radius 2 is 2.05 bits per heavy atom. The number of carbonyl (C=O) groups is 1. The maximum Gasteiger partial charge on any atom is 0.238 e. The van der Waals surface area contributed by atoms with E-state index < -0.39 is 0 Å². The minimum absolute atomic E-state index is 0.0593. The molecule has 0 bridgehead atoms. The first-order chi connectivity index (χ1) is 10.0. The molecule has 0 unspecified atom stereocenters. The lowest BCUT2D eigenvalue weighted by Crippen LogP contribution is -2.42. The fourth-order valence-electron chi connectivity index (χ4n) is 2.47. The second-order valence-corrected chi connectivity index (χ2v) is 5.61. The highest BCUT2D eigenvalue weighted by molar-refractivity contribution is 6.30. The van der Waals surface area contributed by atoms with Crippen LogP contribution in [0.1, 0.15) is 32.3 Å². The number of hydrogen-bond donors (Lipinski definition) is 2. The summed E-state index contributed by atoms with van der Waals surface area (Å²) in [5.41, 5.74) is 1.71. The fraction of sp³-hybridized carbons (Fsp3) is 0.562. The average molecular weight is 313 g/mol. The third kappa shape index (κ3) is 5.65. The molecule has 0 radical (unpaired) electrons. The highest BCUT2D eigenvalue weighted by Gasteiger charge is 2.18. The van der Waals surface area contributed by atoms with Crippen molar-refractivity contribution in [2.24, 2.45) is 0 Å². The summed E-state index contributed by atoms with van der Waals surface area (Å²) < 4.78 is 0. The second kappa shape index (κ2) is 9.03. The molecule has 0 heterocycles. The van der Waals surface area contributed by atoms with Gasteiger partial charge in [0.2, 0.25) is 5.91 Å². The number of aliphatic hydroxyl groups is 1. The SMILES string of the molecule is CCC(CC)N(CCO)CC(=O)Nc1ccc(Cl)cc1C. The molecule has 1 rings (SSSR count). The Balaban J connectivity index is 2.69. The molecule has 1 amide bonds. The van der Waals surface area contributed by atoms with E-state index in [9.17, 15) is 4.79 Å². The highest BCUT2D eigenvalue weighted by Crippen LogP contribution is 2.19. The van der Waals surface area contributed by atoms with Gasteiger partial charge < -0.3 is 10.4 Å². The van der Waals surface area contributed by atoms with E-state index in [1.165, 1.54) is 0 Å². The monoisotopic (exact) mass is 312 g/mol. The molecule has 0 spiro atoms. The molecule has 0 aliphatic heterocycles. The summed E-state index contributed by atoms with van der Waals surface area (Å²) >= 11 is 5.91. The summed E-state index contributed by atoms with van der Waals surface area (Å²) in [4.78, 5) is 14.2. The van der Waals surface area contributed by atoms with Gasteiger partial charge in [0, 0.05) is 23.3 Å². The standard InChI is InChI=1S/C16H25ClN2O2/c1-4-14(5-2)19(8-9-20)11-16(21)18-15-7-6-13(17)10-12(15)3/h6-7,10,14,20H,4-5,8-9,11H2,1-3H3,(H,18,21). The van der Waals surface area contributed by atoms with Crippen LogP contribution < -0.4 is 5.32 Å². The van der Waals surface area contributed by atoms with Crippen LogP contribution >= 0.6 is 11.6 Å². The average Bonchev–Trinajstić information content (AvgIpc) is 2.43.